The van der Waals surface area contributed by atoms with Crippen LogP contribution in [0.2, 0.25) is 0 Å². The van der Waals surface area contributed by atoms with Crippen molar-refractivity contribution in [3.05, 3.63) is 33.6 Å². The fourth-order valence-corrected chi connectivity index (χ4v) is 3.73. The van der Waals surface area contributed by atoms with Crippen LogP contribution in [-0.4, -0.2) is 40.2 Å². The molecule has 0 aromatic carbocycles. The molecule has 146 valence electrons. The van der Waals surface area contributed by atoms with Gasteiger partial charge >= 0.3 is 5.97 Å². The Morgan fingerprint density at radius 3 is 2.67 bits per heavy atom. The van der Waals surface area contributed by atoms with E-state index in [1.807, 2.05) is 32.2 Å². The predicted molar refractivity (Wildman–Crippen MR) is 113 cm³/mol. The summed E-state index contributed by atoms with van der Waals surface area (Å²) >= 11 is 6.99. The van der Waals surface area contributed by atoms with Crippen LogP contribution in [0.1, 0.15) is 35.8 Å². The number of aryl methyl sites for hydroxylation is 1. The Morgan fingerprint density at radius 2 is 2.04 bits per heavy atom. The van der Waals surface area contributed by atoms with Crippen LogP contribution in [-0.2, 0) is 9.53 Å². The molecule has 0 aliphatic heterocycles. The zero-order valence-electron chi connectivity index (χ0n) is 15.5. The zero-order valence-corrected chi connectivity index (χ0v) is 18.0. The first-order valence-electron chi connectivity index (χ1n) is 8.53. The van der Waals surface area contributed by atoms with Gasteiger partial charge in [0.1, 0.15) is 29.0 Å². The molecule has 0 bridgehead atoms. The number of hydrogen-bond acceptors (Lipinski definition) is 8. The maximum Gasteiger partial charge on any atom is 0.329 e. The Morgan fingerprint density at radius 1 is 1.26 bits per heavy atom. The number of amides is 1. The first-order valence-corrected chi connectivity index (χ1v) is 10.9. The van der Waals surface area contributed by atoms with Crippen LogP contribution in [0.15, 0.2) is 22.9 Å². The largest absolute Gasteiger partial charge is 0.460 e. The van der Waals surface area contributed by atoms with Crippen molar-refractivity contribution in [2.24, 2.45) is 5.92 Å². The van der Waals surface area contributed by atoms with Crippen molar-refractivity contribution in [2.75, 3.05) is 12.4 Å². The molecule has 6 nitrogen and oxygen atoms in total. The number of aromatic nitrogens is 2. The average Bonchev–Trinajstić information content (AvgIpc) is 3.27. The normalized spacial score (nSPS) is 12.5. The fourth-order valence-electron chi connectivity index (χ4n) is 2.15. The predicted octanol–water partition coefficient (Wildman–Crippen LogP) is 3.75. The van der Waals surface area contributed by atoms with E-state index >= 15 is 0 Å². The minimum absolute atomic E-state index is 0.109. The zero-order chi connectivity index (χ0) is 19.8. The highest BCUT2D eigenvalue weighted by molar-refractivity contribution is 7.80. The van der Waals surface area contributed by atoms with Crippen molar-refractivity contribution >= 4 is 47.2 Å². The number of nitrogens with one attached hydrogen (secondary N) is 1. The molecule has 2 aromatic heterocycles. The standard InChI is InChI=1S/C18H23N3O3S3/c1-11(2)15(18(23)24-7-5-4-6-8-25)21-16(22)13-9-27-17(20-13)14-10-26-12(3)19-14/h4-5,9-11,15,25H,6-8H2,1-3H3,(H,21,22). The first-order chi connectivity index (χ1) is 12.9. The number of carbonyl (C=O) groups excluding carboxylic acids is 2. The minimum Gasteiger partial charge on any atom is -0.460 e. The number of carbonyl (C=O) groups is 2. The summed E-state index contributed by atoms with van der Waals surface area (Å²) in [5.41, 5.74) is 1.03. The van der Waals surface area contributed by atoms with Gasteiger partial charge in [0, 0.05) is 10.8 Å². The van der Waals surface area contributed by atoms with Gasteiger partial charge in [0.15, 0.2) is 0 Å². The number of ether oxygens (including phenoxy) is 1. The third kappa shape index (κ3) is 6.44. The van der Waals surface area contributed by atoms with Crippen LogP contribution >= 0.6 is 35.3 Å². The van der Waals surface area contributed by atoms with Crippen molar-refractivity contribution in [2.45, 2.75) is 33.2 Å². The highest BCUT2D eigenvalue weighted by atomic mass is 32.1. The fraction of sp³-hybridized carbons (Fsp3) is 0.444. The van der Waals surface area contributed by atoms with E-state index in [1.54, 1.807) is 11.5 Å². The van der Waals surface area contributed by atoms with E-state index in [1.165, 1.54) is 22.7 Å². The average molecular weight is 426 g/mol. The molecule has 0 fully saturated rings. The van der Waals surface area contributed by atoms with Gasteiger partial charge in [-0.2, -0.15) is 12.6 Å². The van der Waals surface area contributed by atoms with Crippen molar-refractivity contribution in [3.8, 4) is 10.7 Å². The van der Waals surface area contributed by atoms with Crippen molar-refractivity contribution in [1.29, 1.82) is 0 Å². The van der Waals surface area contributed by atoms with E-state index in [2.05, 4.69) is 27.9 Å². The topological polar surface area (TPSA) is 81.2 Å². The molecule has 0 radical (unpaired) electrons. The molecule has 2 aromatic rings. The van der Waals surface area contributed by atoms with Crippen LogP contribution in [0.4, 0.5) is 0 Å². The number of thiol groups is 1. The second-order valence-electron chi connectivity index (χ2n) is 6.10. The number of thiazole rings is 2. The van der Waals surface area contributed by atoms with Gasteiger partial charge in [-0.1, -0.05) is 26.0 Å². The van der Waals surface area contributed by atoms with Crippen LogP contribution in [0.5, 0.6) is 0 Å². The molecule has 0 saturated carbocycles. The number of allylic oxidation sites excluding steroid dienone is 1. The molecular formula is C18H23N3O3S3. The molecule has 0 aliphatic rings. The van der Waals surface area contributed by atoms with Gasteiger partial charge in [-0.15, -0.1) is 22.7 Å². The molecule has 1 atom stereocenters. The van der Waals surface area contributed by atoms with Crippen LogP contribution in [0.3, 0.4) is 0 Å². The lowest BCUT2D eigenvalue weighted by molar-refractivity contribution is -0.145. The summed E-state index contributed by atoms with van der Waals surface area (Å²) in [4.78, 5) is 33.5. The molecule has 9 heteroatoms. The minimum atomic E-state index is -0.734. The van der Waals surface area contributed by atoms with E-state index in [0.717, 1.165) is 22.9 Å². The number of esters is 1. The molecule has 2 rings (SSSR count). The van der Waals surface area contributed by atoms with Crippen molar-refractivity contribution in [3.63, 3.8) is 0 Å². The Kier molecular flexibility index (Phi) is 8.46. The highest BCUT2D eigenvalue weighted by Crippen LogP contribution is 2.25. The molecule has 0 aliphatic carbocycles. The second kappa shape index (κ2) is 10.6. The van der Waals surface area contributed by atoms with E-state index < -0.39 is 17.9 Å². The summed E-state index contributed by atoms with van der Waals surface area (Å²) < 4.78 is 5.23. The van der Waals surface area contributed by atoms with Crippen LogP contribution in [0.25, 0.3) is 10.7 Å². The van der Waals surface area contributed by atoms with Gasteiger partial charge in [-0.05, 0) is 25.0 Å². The van der Waals surface area contributed by atoms with E-state index in [9.17, 15) is 9.59 Å². The van der Waals surface area contributed by atoms with Gasteiger partial charge < -0.3 is 10.1 Å². The summed E-state index contributed by atoms with van der Waals surface area (Å²) in [6.45, 7) is 5.80. The maximum atomic E-state index is 12.5. The van der Waals surface area contributed by atoms with Crippen LogP contribution < -0.4 is 5.32 Å². The van der Waals surface area contributed by atoms with Gasteiger partial charge in [0.25, 0.3) is 5.91 Å². The quantitative estimate of drug-likeness (QED) is 0.363. The van der Waals surface area contributed by atoms with Gasteiger partial charge in [-0.25, -0.2) is 14.8 Å². The summed E-state index contributed by atoms with van der Waals surface area (Å²) in [5, 5.41) is 7.93. The van der Waals surface area contributed by atoms with Crippen LogP contribution in [0, 0.1) is 12.8 Å². The third-order valence-electron chi connectivity index (χ3n) is 3.57. The lowest BCUT2D eigenvalue weighted by Gasteiger charge is -2.20. The monoisotopic (exact) mass is 425 g/mol. The molecule has 0 spiro atoms. The van der Waals surface area contributed by atoms with Crippen molar-refractivity contribution < 1.29 is 14.3 Å². The van der Waals surface area contributed by atoms with E-state index in [0.29, 0.717) is 5.01 Å². The van der Waals surface area contributed by atoms with Gasteiger partial charge in [-0.3, -0.25) is 4.79 Å². The molecule has 1 N–H and O–H groups in total. The number of hydrogen-bond donors (Lipinski definition) is 2. The number of rotatable bonds is 9. The Balaban J connectivity index is 1.98. The Hall–Kier alpha value is -1.71. The molecule has 27 heavy (non-hydrogen) atoms. The smallest absolute Gasteiger partial charge is 0.329 e. The van der Waals surface area contributed by atoms with Gasteiger partial charge in [0.05, 0.1) is 5.01 Å². The molecular weight excluding hydrogens is 402 g/mol. The lowest BCUT2D eigenvalue weighted by Crippen LogP contribution is -2.45. The number of nitrogens with zero attached hydrogens (tertiary/aromatic N) is 2. The van der Waals surface area contributed by atoms with E-state index in [-0.39, 0.29) is 18.2 Å². The lowest BCUT2D eigenvalue weighted by atomic mass is 10.0. The summed E-state index contributed by atoms with van der Waals surface area (Å²) in [6, 6.07) is -0.734. The molecule has 0 saturated heterocycles. The highest BCUT2D eigenvalue weighted by Gasteiger charge is 2.27. The SMILES string of the molecule is Cc1nc(-c2nc(C(=O)NC(C(=O)OCC=CCCS)C(C)C)cs2)cs1. The Bertz CT molecular complexity index is 799. The summed E-state index contributed by atoms with van der Waals surface area (Å²) in [5.74, 6) is -0.224. The van der Waals surface area contributed by atoms with Gasteiger partial charge in [0.2, 0.25) is 0 Å². The maximum absolute atomic E-state index is 12.5. The van der Waals surface area contributed by atoms with Crippen molar-refractivity contribution in [1.82, 2.24) is 15.3 Å². The first kappa shape index (κ1) is 21.6. The summed E-state index contributed by atoms with van der Waals surface area (Å²) in [6.07, 6.45) is 4.49. The molecule has 2 heterocycles. The molecule has 1 amide bonds. The third-order valence-corrected chi connectivity index (χ3v) is 5.46. The second-order valence-corrected chi connectivity index (χ2v) is 8.47. The summed E-state index contributed by atoms with van der Waals surface area (Å²) in [7, 11) is 0. The van der Waals surface area contributed by atoms with E-state index in [4.69, 9.17) is 4.74 Å². The molecule has 1 unspecified atom stereocenters. The Labute approximate surface area is 172 Å².